The lowest BCUT2D eigenvalue weighted by Gasteiger charge is -2.22. The number of aromatic nitrogens is 1. The maximum atomic E-state index is 11.6. The number of rotatable bonds is 7. The Morgan fingerprint density at radius 2 is 2.43 bits per heavy atom. The van der Waals surface area contributed by atoms with Gasteiger partial charge < -0.3 is 14.9 Å². The van der Waals surface area contributed by atoms with E-state index in [-0.39, 0.29) is 12.6 Å². The van der Waals surface area contributed by atoms with Crippen LogP contribution in [0.15, 0.2) is 10.6 Å². The second-order valence-corrected chi connectivity index (χ2v) is 5.43. The highest BCUT2D eigenvalue weighted by molar-refractivity contribution is 5.88. The Kier molecular flexibility index (Phi) is 6.01. The number of carbonyl (C=O) groups is 1. The van der Waals surface area contributed by atoms with Crippen molar-refractivity contribution in [3.8, 4) is 0 Å². The summed E-state index contributed by atoms with van der Waals surface area (Å²) in [5.74, 6) is 1.09. The molecule has 1 aromatic rings. The molecule has 0 bridgehead atoms. The van der Waals surface area contributed by atoms with Gasteiger partial charge in [-0.15, -0.1) is 0 Å². The second-order valence-electron chi connectivity index (χ2n) is 5.43. The van der Waals surface area contributed by atoms with Crippen molar-refractivity contribution in [2.75, 3.05) is 31.6 Å². The number of carbonyl (C=O) groups excluding carboxylic acids is 1. The molecule has 0 radical (unpaired) electrons. The molecule has 0 saturated carbocycles. The van der Waals surface area contributed by atoms with Crippen molar-refractivity contribution in [1.82, 2.24) is 15.4 Å². The van der Waals surface area contributed by atoms with Gasteiger partial charge in [-0.2, -0.15) is 0 Å². The lowest BCUT2D eigenvalue weighted by molar-refractivity contribution is 0.157. The quantitative estimate of drug-likeness (QED) is 0.661. The number of unbranched alkanes of at least 4 members (excludes halogenated alkanes) is 1. The molecule has 0 aliphatic carbocycles. The Morgan fingerprint density at radius 3 is 3.14 bits per heavy atom. The van der Waals surface area contributed by atoms with E-state index < -0.39 is 0 Å². The fourth-order valence-corrected chi connectivity index (χ4v) is 2.62. The van der Waals surface area contributed by atoms with Gasteiger partial charge in [-0.25, -0.2) is 4.79 Å². The second kappa shape index (κ2) is 7.99. The highest BCUT2D eigenvalue weighted by Gasteiger charge is 2.22. The first kappa shape index (κ1) is 15.8. The van der Waals surface area contributed by atoms with Crippen molar-refractivity contribution in [3.63, 3.8) is 0 Å². The van der Waals surface area contributed by atoms with Gasteiger partial charge >= 0.3 is 6.03 Å². The van der Waals surface area contributed by atoms with Crippen molar-refractivity contribution >= 4 is 11.8 Å². The molecule has 1 fully saturated rings. The Labute approximate surface area is 124 Å². The highest BCUT2D eigenvalue weighted by Crippen LogP contribution is 2.16. The van der Waals surface area contributed by atoms with E-state index in [9.17, 15) is 9.90 Å². The zero-order valence-corrected chi connectivity index (χ0v) is 12.5. The average molecular weight is 296 g/mol. The van der Waals surface area contributed by atoms with E-state index in [1.165, 1.54) is 6.42 Å². The summed E-state index contributed by atoms with van der Waals surface area (Å²) in [7, 11) is 0. The molecular formula is C14H24N4O3. The number of nitrogens with one attached hydrogen (secondary N) is 2. The van der Waals surface area contributed by atoms with E-state index in [0.717, 1.165) is 32.4 Å². The van der Waals surface area contributed by atoms with E-state index in [0.29, 0.717) is 24.2 Å². The third-order valence-electron chi connectivity index (χ3n) is 3.74. The van der Waals surface area contributed by atoms with Gasteiger partial charge in [0.05, 0.1) is 6.61 Å². The molecule has 1 unspecified atom stereocenters. The summed E-state index contributed by atoms with van der Waals surface area (Å²) < 4.78 is 4.87. The van der Waals surface area contributed by atoms with Crippen LogP contribution in [0.1, 0.15) is 31.4 Å². The number of aliphatic hydroxyl groups excluding tert-OH is 1. The summed E-state index contributed by atoms with van der Waals surface area (Å²) in [5.41, 5.74) is 0. The molecule has 1 atom stereocenters. The molecule has 1 aromatic heterocycles. The third-order valence-corrected chi connectivity index (χ3v) is 3.74. The molecule has 21 heavy (non-hydrogen) atoms. The summed E-state index contributed by atoms with van der Waals surface area (Å²) >= 11 is 0. The van der Waals surface area contributed by atoms with Crippen LogP contribution >= 0.6 is 0 Å². The van der Waals surface area contributed by atoms with E-state index in [4.69, 9.17) is 4.52 Å². The molecule has 2 heterocycles. The van der Waals surface area contributed by atoms with Gasteiger partial charge in [0.15, 0.2) is 5.82 Å². The van der Waals surface area contributed by atoms with E-state index in [2.05, 4.69) is 20.7 Å². The molecule has 118 valence electrons. The number of anilines is 1. The largest absolute Gasteiger partial charge is 0.395 e. The van der Waals surface area contributed by atoms with Gasteiger partial charge in [-0.1, -0.05) is 5.16 Å². The van der Waals surface area contributed by atoms with Crippen LogP contribution in [-0.2, 0) is 0 Å². The predicted molar refractivity (Wildman–Crippen MR) is 79.2 cm³/mol. The van der Waals surface area contributed by atoms with E-state index in [1.54, 1.807) is 13.0 Å². The van der Waals surface area contributed by atoms with E-state index >= 15 is 0 Å². The Bertz CT molecular complexity index is 449. The van der Waals surface area contributed by atoms with Crippen LogP contribution in [0.5, 0.6) is 0 Å². The molecule has 0 spiro atoms. The molecule has 1 aliphatic heterocycles. The van der Waals surface area contributed by atoms with Crippen LogP contribution in [0.3, 0.4) is 0 Å². The molecule has 2 rings (SSSR count). The van der Waals surface area contributed by atoms with Crippen molar-refractivity contribution in [2.24, 2.45) is 0 Å². The van der Waals surface area contributed by atoms with Gasteiger partial charge in [-0.05, 0) is 45.7 Å². The van der Waals surface area contributed by atoms with E-state index in [1.807, 2.05) is 0 Å². The first-order valence-corrected chi connectivity index (χ1v) is 7.52. The van der Waals surface area contributed by atoms with Crippen LogP contribution in [-0.4, -0.2) is 53.5 Å². The average Bonchev–Trinajstić information content (AvgIpc) is 3.07. The summed E-state index contributed by atoms with van der Waals surface area (Å²) in [5, 5.41) is 18.3. The predicted octanol–water partition coefficient (Wildman–Crippen LogP) is 1.34. The Balaban J connectivity index is 1.54. The number of urea groups is 1. The topological polar surface area (TPSA) is 90.6 Å². The lowest BCUT2D eigenvalue weighted by Crippen LogP contribution is -2.34. The smallest absolute Gasteiger partial charge is 0.320 e. The highest BCUT2D eigenvalue weighted by atomic mass is 16.5. The van der Waals surface area contributed by atoms with Gasteiger partial charge in [0.2, 0.25) is 0 Å². The number of amides is 2. The standard InChI is InChI=1S/C14H24N4O3/c1-11-9-13(17-21-11)16-14(20)15-6-2-3-7-18-8-4-5-12(18)10-19/h9,12,19H,2-8,10H2,1H3,(H2,15,16,17,20). The maximum absolute atomic E-state index is 11.6. The third kappa shape index (κ3) is 5.02. The minimum Gasteiger partial charge on any atom is -0.395 e. The van der Waals surface area contributed by atoms with Crippen LogP contribution in [0.25, 0.3) is 0 Å². The van der Waals surface area contributed by atoms with Crippen molar-refractivity contribution in [1.29, 1.82) is 0 Å². The maximum Gasteiger partial charge on any atom is 0.320 e. The number of aryl methyl sites for hydroxylation is 1. The zero-order chi connectivity index (χ0) is 15.1. The Hall–Kier alpha value is -1.60. The van der Waals surface area contributed by atoms with Gasteiger partial charge in [0.25, 0.3) is 0 Å². The van der Waals surface area contributed by atoms with Crippen molar-refractivity contribution in [2.45, 2.75) is 38.6 Å². The van der Waals surface area contributed by atoms with Gasteiger partial charge in [0, 0.05) is 18.7 Å². The van der Waals surface area contributed by atoms with Crippen molar-refractivity contribution < 1.29 is 14.4 Å². The normalized spacial score (nSPS) is 18.9. The number of hydrogen-bond donors (Lipinski definition) is 3. The summed E-state index contributed by atoms with van der Waals surface area (Å²) in [6.45, 7) is 4.70. The summed E-state index contributed by atoms with van der Waals surface area (Å²) in [6.07, 6.45) is 4.19. The minimum atomic E-state index is -0.266. The molecule has 2 amide bonds. The Morgan fingerprint density at radius 1 is 1.57 bits per heavy atom. The van der Waals surface area contributed by atoms with Crippen LogP contribution in [0, 0.1) is 6.92 Å². The minimum absolute atomic E-state index is 0.248. The summed E-state index contributed by atoms with van der Waals surface area (Å²) in [4.78, 5) is 13.9. The fraction of sp³-hybridized carbons (Fsp3) is 0.714. The van der Waals surface area contributed by atoms with Crippen LogP contribution in [0.2, 0.25) is 0 Å². The molecule has 7 nitrogen and oxygen atoms in total. The van der Waals surface area contributed by atoms with Crippen LogP contribution in [0.4, 0.5) is 10.6 Å². The van der Waals surface area contributed by atoms with Crippen molar-refractivity contribution in [3.05, 3.63) is 11.8 Å². The monoisotopic (exact) mass is 296 g/mol. The number of likely N-dealkylation sites (tertiary alicyclic amines) is 1. The molecule has 1 aliphatic rings. The zero-order valence-electron chi connectivity index (χ0n) is 12.5. The van der Waals surface area contributed by atoms with Gasteiger partial charge in [-0.3, -0.25) is 10.2 Å². The fourth-order valence-electron chi connectivity index (χ4n) is 2.62. The molecule has 3 N–H and O–H groups in total. The molecular weight excluding hydrogens is 272 g/mol. The van der Waals surface area contributed by atoms with Gasteiger partial charge in [0.1, 0.15) is 5.76 Å². The number of hydrogen-bond acceptors (Lipinski definition) is 5. The first-order valence-electron chi connectivity index (χ1n) is 7.52. The first-order chi connectivity index (χ1) is 10.2. The molecule has 0 aromatic carbocycles. The lowest BCUT2D eigenvalue weighted by atomic mass is 10.2. The number of aliphatic hydroxyl groups is 1. The van der Waals surface area contributed by atoms with Crippen LogP contribution < -0.4 is 10.6 Å². The SMILES string of the molecule is Cc1cc(NC(=O)NCCCCN2CCCC2CO)no1. The molecule has 1 saturated heterocycles. The molecule has 7 heteroatoms. The number of nitrogens with zero attached hydrogens (tertiary/aromatic N) is 2. The summed E-state index contributed by atoms with van der Waals surface area (Å²) in [6, 6.07) is 1.73.